The van der Waals surface area contributed by atoms with Crippen LogP contribution in [0.5, 0.6) is 0 Å². The predicted molar refractivity (Wildman–Crippen MR) is 120 cm³/mol. The van der Waals surface area contributed by atoms with Gasteiger partial charge in [0.2, 0.25) is 0 Å². The van der Waals surface area contributed by atoms with E-state index in [1.54, 1.807) is 40.1 Å². The number of esters is 2. The number of amides is 1. The first-order chi connectivity index (χ1) is 15.3. The van der Waals surface area contributed by atoms with Gasteiger partial charge in [0.1, 0.15) is 0 Å². The maximum Gasteiger partial charge on any atom is 0.417 e. The minimum absolute atomic E-state index is 0.0755. The SMILES string of the molecule is CCCCC1C=CN(C(=O)OC)C=C1C1C(C(=O)OCC)=C(C)NC(C)=C1C(=O)OCC. The molecule has 0 aromatic carbocycles. The Morgan fingerprint density at radius 2 is 1.56 bits per heavy atom. The van der Waals surface area contributed by atoms with E-state index in [1.165, 1.54) is 12.0 Å². The molecule has 0 saturated carbocycles. The van der Waals surface area contributed by atoms with Crippen molar-refractivity contribution in [3.05, 3.63) is 46.6 Å². The van der Waals surface area contributed by atoms with Crippen LogP contribution in [0, 0.1) is 11.8 Å². The highest BCUT2D eigenvalue weighted by Crippen LogP contribution is 2.42. The van der Waals surface area contributed by atoms with E-state index < -0.39 is 23.9 Å². The molecular weight excluding hydrogens is 412 g/mol. The number of methoxy groups -OCH3 is 1. The lowest BCUT2D eigenvalue weighted by molar-refractivity contribution is -0.139. The van der Waals surface area contributed by atoms with E-state index in [0.717, 1.165) is 24.8 Å². The maximum absolute atomic E-state index is 13.0. The van der Waals surface area contributed by atoms with Crippen LogP contribution in [0.2, 0.25) is 0 Å². The second-order valence-corrected chi connectivity index (χ2v) is 7.67. The number of dihydropyridines is 1. The molecule has 176 valence electrons. The van der Waals surface area contributed by atoms with Crippen molar-refractivity contribution in [1.29, 1.82) is 0 Å². The lowest BCUT2D eigenvalue weighted by Gasteiger charge is -2.36. The maximum atomic E-state index is 13.0. The summed E-state index contributed by atoms with van der Waals surface area (Å²) in [5.74, 6) is -1.81. The average molecular weight is 447 g/mol. The molecule has 0 bridgehead atoms. The summed E-state index contributed by atoms with van der Waals surface area (Å²) in [5, 5.41) is 3.14. The van der Waals surface area contributed by atoms with Crippen LogP contribution in [-0.2, 0) is 23.8 Å². The molecule has 0 fully saturated rings. The van der Waals surface area contributed by atoms with Crippen LogP contribution in [0.3, 0.4) is 0 Å². The highest BCUT2D eigenvalue weighted by atomic mass is 16.5. The lowest BCUT2D eigenvalue weighted by atomic mass is 9.74. The summed E-state index contributed by atoms with van der Waals surface area (Å²) < 4.78 is 15.6. The minimum atomic E-state index is -0.715. The number of carbonyl (C=O) groups excluding carboxylic acids is 3. The standard InChI is InChI=1S/C24H34N2O6/c1-7-10-11-17-12-13-26(24(29)30-6)14-18(17)21-19(22(27)31-8-2)15(4)25-16(5)20(21)23(28)32-9-3/h12-14,17,21,25H,7-11H2,1-6H3. The van der Waals surface area contributed by atoms with Crippen LogP contribution in [0.15, 0.2) is 46.6 Å². The molecule has 0 spiro atoms. The second-order valence-electron chi connectivity index (χ2n) is 7.67. The Balaban J connectivity index is 2.70. The van der Waals surface area contributed by atoms with Crippen LogP contribution in [0.25, 0.3) is 0 Å². The van der Waals surface area contributed by atoms with Crippen LogP contribution >= 0.6 is 0 Å². The second kappa shape index (κ2) is 11.5. The van der Waals surface area contributed by atoms with Crippen LogP contribution < -0.4 is 5.32 Å². The molecule has 1 unspecified atom stereocenters. The van der Waals surface area contributed by atoms with E-state index in [1.807, 2.05) is 6.08 Å². The largest absolute Gasteiger partial charge is 0.463 e. The fraction of sp³-hybridized carbons (Fsp3) is 0.542. The highest BCUT2D eigenvalue weighted by molar-refractivity contribution is 5.99. The first-order valence-corrected chi connectivity index (χ1v) is 11.1. The van der Waals surface area contributed by atoms with Crippen molar-refractivity contribution in [2.24, 2.45) is 11.8 Å². The summed E-state index contributed by atoms with van der Waals surface area (Å²) in [4.78, 5) is 39.7. The summed E-state index contributed by atoms with van der Waals surface area (Å²) in [6.07, 6.45) is 7.44. The van der Waals surface area contributed by atoms with E-state index >= 15 is 0 Å². The molecule has 2 heterocycles. The Labute approximate surface area is 189 Å². The van der Waals surface area contributed by atoms with Crippen molar-refractivity contribution in [3.63, 3.8) is 0 Å². The number of unbranched alkanes of at least 4 members (excludes halogenated alkanes) is 1. The fourth-order valence-electron chi connectivity index (χ4n) is 4.09. The molecular formula is C24H34N2O6. The normalized spacial score (nSPS) is 18.9. The van der Waals surface area contributed by atoms with Crippen molar-refractivity contribution < 1.29 is 28.6 Å². The molecule has 32 heavy (non-hydrogen) atoms. The van der Waals surface area contributed by atoms with Crippen LogP contribution in [-0.4, -0.2) is 43.3 Å². The Morgan fingerprint density at radius 3 is 2.03 bits per heavy atom. The molecule has 8 heteroatoms. The zero-order chi connectivity index (χ0) is 23.8. The van der Waals surface area contributed by atoms with Crippen molar-refractivity contribution >= 4 is 18.0 Å². The number of ether oxygens (including phenoxy) is 3. The summed E-state index contributed by atoms with van der Waals surface area (Å²) in [6.45, 7) is 9.53. The summed E-state index contributed by atoms with van der Waals surface area (Å²) in [6, 6.07) is 0. The van der Waals surface area contributed by atoms with Crippen LogP contribution in [0.4, 0.5) is 4.79 Å². The van der Waals surface area contributed by atoms with E-state index in [9.17, 15) is 14.4 Å². The van der Waals surface area contributed by atoms with E-state index in [2.05, 4.69) is 12.2 Å². The van der Waals surface area contributed by atoms with Gasteiger partial charge in [0.05, 0.1) is 37.4 Å². The zero-order valence-corrected chi connectivity index (χ0v) is 19.8. The quantitative estimate of drug-likeness (QED) is 0.442. The average Bonchev–Trinajstić information content (AvgIpc) is 2.76. The topological polar surface area (TPSA) is 94.2 Å². The van der Waals surface area contributed by atoms with Gasteiger partial charge in [-0.05, 0) is 39.7 Å². The Bertz CT molecular complexity index is 828. The van der Waals surface area contributed by atoms with Gasteiger partial charge in [-0.15, -0.1) is 0 Å². The molecule has 1 atom stereocenters. The monoisotopic (exact) mass is 446 g/mol. The number of allylic oxidation sites excluding steroid dienone is 4. The number of hydrogen-bond donors (Lipinski definition) is 1. The molecule has 0 aromatic heterocycles. The molecule has 8 nitrogen and oxygen atoms in total. The summed E-state index contributed by atoms with van der Waals surface area (Å²) in [7, 11) is 1.31. The van der Waals surface area contributed by atoms with Crippen molar-refractivity contribution in [2.45, 2.75) is 53.9 Å². The third-order valence-electron chi connectivity index (χ3n) is 5.53. The molecule has 0 aliphatic carbocycles. The van der Waals surface area contributed by atoms with Gasteiger partial charge < -0.3 is 19.5 Å². The Hall–Kier alpha value is -3.03. The van der Waals surface area contributed by atoms with Gasteiger partial charge in [0, 0.05) is 29.7 Å². The predicted octanol–water partition coefficient (Wildman–Crippen LogP) is 4.17. The molecule has 0 radical (unpaired) electrons. The fourth-order valence-corrected chi connectivity index (χ4v) is 4.09. The number of carbonyl (C=O) groups is 3. The molecule has 2 aliphatic rings. The first kappa shape index (κ1) is 25.2. The number of rotatable bonds is 8. The summed E-state index contributed by atoms with van der Waals surface area (Å²) >= 11 is 0. The number of hydrogen-bond acceptors (Lipinski definition) is 7. The van der Waals surface area contributed by atoms with Crippen molar-refractivity contribution in [1.82, 2.24) is 10.2 Å². The van der Waals surface area contributed by atoms with Crippen molar-refractivity contribution in [3.8, 4) is 0 Å². The van der Waals surface area contributed by atoms with Gasteiger partial charge in [0.25, 0.3) is 0 Å². The minimum Gasteiger partial charge on any atom is -0.463 e. The lowest BCUT2D eigenvalue weighted by Crippen LogP contribution is -2.37. The van der Waals surface area contributed by atoms with E-state index in [0.29, 0.717) is 22.5 Å². The zero-order valence-electron chi connectivity index (χ0n) is 19.8. The van der Waals surface area contributed by atoms with E-state index in [4.69, 9.17) is 14.2 Å². The molecule has 2 aliphatic heterocycles. The van der Waals surface area contributed by atoms with Gasteiger partial charge in [-0.25, -0.2) is 14.4 Å². The summed E-state index contributed by atoms with van der Waals surface area (Å²) in [5.41, 5.74) is 2.64. The van der Waals surface area contributed by atoms with Gasteiger partial charge in [-0.1, -0.05) is 25.8 Å². The van der Waals surface area contributed by atoms with Crippen LogP contribution in [0.1, 0.15) is 53.9 Å². The Morgan fingerprint density at radius 1 is 1.00 bits per heavy atom. The molecule has 1 amide bonds. The highest BCUT2D eigenvalue weighted by Gasteiger charge is 2.41. The Kier molecular flexibility index (Phi) is 9.11. The van der Waals surface area contributed by atoms with Crippen molar-refractivity contribution in [2.75, 3.05) is 20.3 Å². The van der Waals surface area contributed by atoms with Gasteiger partial charge in [0.15, 0.2) is 0 Å². The van der Waals surface area contributed by atoms with Gasteiger partial charge >= 0.3 is 18.0 Å². The first-order valence-electron chi connectivity index (χ1n) is 11.1. The molecule has 0 aromatic rings. The number of nitrogens with one attached hydrogen (secondary N) is 1. The molecule has 2 rings (SSSR count). The molecule has 0 saturated heterocycles. The third-order valence-corrected chi connectivity index (χ3v) is 5.53. The van der Waals surface area contributed by atoms with Gasteiger partial charge in [-0.3, -0.25) is 4.90 Å². The third kappa shape index (κ3) is 5.41. The smallest absolute Gasteiger partial charge is 0.417 e. The number of nitrogens with zero attached hydrogens (tertiary/aromatic N) is 1. The van der Waals surface area contributed by atoms with E-state index in [-0.39, 0.29) is 19.1 Å². The molecule has 1 N–H and O–H groups in total. The van der Waals surface area contributed by atoms with Gasteiger partial charge in [-0.2, -0.15) is 0 Å².